The Morgan fingerprint density at radius 3 is 2.43 bits per heavy atom. The summed E-state index contributed by atoms with van der Waals surface area (Å²) in [7, 11) is 0. The molecule has 2 aromatic rings. The second-order valence-corrected chi connectivity index (χ2v) is 9.12. The van der Waals surface area contributed by atoms with Crippen LogP contribution in [0.15, 0.2) is 75.9 Å². The minimum absolute atomic E-state index is 0.125. The minimum Gasteiger partial charge on any atom is -0.418 e. The maximum absolute atomic E-state index is 8.34. The van der Waals surface area contributed by atoms with Crippen molar-refractivity contribution in [3.8, 4) is 5.75 Å². The van der Waals surface area contributed by atoms with Crippen molar-refractivity contribution in [1.82, 2.24) is 0 Å². The fraction of sp³-hybridized carbons (Fsp3) is 0.250. The van der Waals surface area contributed by atoms with E-state index in [1.165, 1.54) is 12.0 Å². The van der Waals surface area contributed by atoms with Crippen LogP contribution in [0.1, 0.15) is 31.9 Å². The average Bonchev–Trinajstić information content (AvgIpc) is 2.68. The van der Waals surface area contributed by atoms with Gasteiger partial charge in [0.15, 0.2) is 11.6 Å². The Hall–Kier alpha value is -2.99. The standard InChI is InChI=1S/C24H28N4OS/c1-15-13-16(2)21(19(14-15)29-30-17-9-7-6-8-10-17)28-23(26)18-11-12-20(24(3,4)5)27-22(18)25/h6-14,25,28H,26H2,1-5H3/b23-18-,25-22?. The van der Waals surface area contributed by atoms with Crippen LogP contribution in [0.2, 0.25) is 0 Å². The van der Waals surface area contributed by atoms with E-state index >= 15 is 0 Å². The maximum atomic E-state index is 8.34. The van der Waals surface area contributed by atoms with Crippen LogP contribution in [-0.4, -0.2) is 11.5 Å². The van der Waals surface area contributed by atoms with Gasteiger partial charge < -0.3 is 15.2 Å². The smallest absolute Gasteiger partial charge is 0.161 e. The third-order valence-electron chi connectivity index (χ3n) is 4.63. The summed E-state index contributed by atoms with van der Waals surface area (Å²) in [5.41, 5.74) is 10.5. The molecule has 0 spiro atoms. The highest BCUT2D eigenvalue weighted by Crippen LogP contribution is 2.35. The molecule has 3 rings (SSSR count). The zero-order valence-electron chi connectivity index (χ0n) is 18.0. The second kappa shape index (κ2) is 8.79. The Kier molecular flexibility index (Phi) is 6.37. The molecule has 0 aromatic heterocycles. The highest BCUT2D eigenvalue weighted by molar-refractivity contribution is 7.95. The summed E-state index contributed by atoms with van der Waals surface area (Å²) in [5, 5.41) is 11.6. The van der Waals surface area contributed by atoms with E-state index < -0.39 is 0 Å². The molecule has 0 unspecified atom stereocenters. The van der Waals surface area contributed by atoms with Crippen LogP contribution in [-0.2, 0) is 0 Å². The molecule has 2 aromatic carbocycles. The van der Waals surface area contributed by atoms with Gasteiger partial charge in [0.2, 0.25) is 0 Å². The van der Waals surface area contributed by atoms with Gasteiger partial charge in [-0.05, 0) is 55.3 Å². The third kappa shape index (κ3) is 5.13. The number of allylic oxidation sites excluding steroid dienone is 1. The van der Waals surface area contributed by atoms with Crippen molar-refractivity contribution in [3.05, 3.63) is 77.1 Å². The van der Waals surface area contributed by atoms with Crippen molar-refractivity contribution < 1.29 is 4.18 Å². The first-order valence-corrected chi connectivity index (χ1v) is 10.5. The van der Waals surface area contributed by atoms with Gasteiger partial charge in [-0.25, -0.2) is 4.99 Å². The number of hydrogen-bond acceptors (Lipinski definition) is 5. The fourth-order valence-corrected chi connectivity index (χ4v) is 3.61. The van der Waals surface area contributed by atoms with E-state index in [-0.39, 0.29) is 11.3 Å². The molecule has 4 N–H and O–H groups in total. The summed E-state index contributed by atoms with van der Waals surface area (Å²) in [6, 6.07) is 14.0. The van der Waals surface area contributed by atoms with Gasteiger partial charge in [0.1, 0.15) is 5.82 Å². The van der Waals surface area contributed by atoms with E-state index in [1.54, 1.807) is 0 Å². The first-order chi connectivity index (χ1) is 14.1. The molecule has 30 heavy (non-hydrogen) atoms. The Morgan fingerprint density at radius 1 is 1.10 bits per heavy atom. The predicted octanol–water partition coefficient (Wildman–Crippen LogP) is 6.01. The van der Waals surface area contributed by atoms with E-state index in [1.807, 2.05) is 62.4 Å². The summed E-state index contributed by atoms with van der Waals surface area (Å²) >= 11 is 1.30. The third-order valence-corrected chi connectivity index (χ3v) is 5.36. The number of aryl methyl sites for hydroxylation is 2. The topological polar surface area (TPSA) is 83.5 Å². The maximum Gasteiger partial charge on any atom is 0.161 e. The summed E-state index contributed by atoms with van der Waals surface area (Å²) < 4.78 is 6.04. The van der Waals surface area contributed by atoms with Crippen molar-refractivity contribution in [2.45, 2.75) is 39.5 Å². The van der Waals surface area contributed by atoms with Crippen LogP contribution in [0.25, 0.3) is 0 Å². The Labute approximate surface area is 182 Å². The van der Waals surface area contributed by atoms with E-state index in [2.05, 4.69) is 37.1 Å². The Bertz CT molecular complexity index is 1050. The molecule has 0 fully saturated rings. The lowest BCUT2D eigenvalue weighted by molar-refractivity contribution is 0.594. The summed E-state index contributed by atoms with van der Waals surface area (Å²) in [4.78, 5) is 5.44. The molecular formula is C24H28N4OS. The van der Waals surface area contributed by atoms with Crippen LogP contribution < -0.4 is 15.2 Å². The lowest BCUT2D eigenvalue weighted by atomic mass is 9.88. The number of nitrogens with one attached hydrogen (secondary N) is 2. The van der Waals surface area contributed by atoms with E-state index in [4.69, 9.17) is 15.3 Å². The molecule has 0 saturated heterocycles. The normalized spacial score (nSPS) is 15.6. The molecular weight excluding hydrogens is 392 g/mol. The Morgan fingerprint density at radius 2 is 1.80 bits per heavy atom. The number of nitrogens with zero attached hydrogens (tertiary/aromatic N) is 1. The number of aliphatic imine (C=N–C) groups is 1. The van der Waals surface area contributed by atoms with Gasteiger partial charge in [-0.3, -0.25) is 5.41 Å². The average molecular weight is 421 g/mol. The molecule has 1 aliphatic heterocycles. The number of dihydropyridines is 1. The van der Waals surface area contributed by atoms with Gasteiger partial charge in [-0.1, -0.05) is 45.0 Å². The largest absolute Gasteiger partial charge is 0.418 e. The highest BCUT2D eigenvalue weighted by atomic mass is 32.2. The molecule has 1 heterocycles. The van der Waals surface area contributed by atoms with E-state index in [0.717, 1.165) is 27.4 Å². The zero-order valence-corrected chi connectivity index (χ0v) is 18.9. The highest BCUT2D eigenvalue weighted by Gasteiger charge is 2.22. The van der Waals surface area contributed by atoms with Gasteiger partial charge >= 0.3 is 0 Å². The van der Waals surface area contributed by atoms with Gasteiger partial charge in [0.05, 0.1) is 23.3 Å². The fourth-order valence-electron chi connectivity index (χ4n) is 3.02. The molecule has 0 atom stereocenters. The first kappa shape index (κ1) is 21.7. The monoisotopic (exact) mass is 420 g/mol. The van der Waals surface area contributed by atoms with Crippen LogP contribution in [0, 0.1) is 24.7 Å². The predicted molar refractivity (Wildman–Crippen MR) is 127 cm³/mol. The molecule has 6 heteroatoms. The molecule has 156 valence electrons. The van der Waals surface area contributed by atoms with Crippen LogP contribution >= 0.6 is 12.0 Å². The van der Waals surface area contributed by atoms with Crippen molar-refractivity contribution in [3.63, 3.8) is 0 Å². The zero-order chi connectivity index (χ0) is 21.9. The number of rotatable bonds is 5. The van der Waals surface area contributed by atoms with Crippen LogP contribution in [0.5, 0.6) is 5.75 Å². The van der Waals surface area contributed by atoms with E-state index in [9.17, 15) is 0 Å². The number of nitrogens with two attached hydrogens (primary N) is 1. The van der Waals surface area contributed by atoms with Gasteiger partial charge in [-0.15, -0.1) is 0 Å². The second-order valence-electron chi connectivity index (χ2n) is 8.32. The summed E-state index contributed by atoms with van der Waals surface area (Å²) in [6.45, 7) is 10.3. The summed E-state index contributed by atoms with van der Waals surface area (Å²) in [5.74, 6) is 1.21. The minimum atomic E-state index is -0.125. The molecule has 0 aliphatic carbocycles. The number of anilines is 1. The molecule has 0 radical (unpaired) electrons. The lowest BCUT2D eigenvalue weighted by Gasteiger charge is -2.23. The van der Waals surface area contributed by atoms with Crippen LogP contribution in [0.3, 0.4) is 0 Å². The number of benzene rings is 2. The molecule has 5 nitrogen and oxygen atoms in total. The molecule has 1 aliphatic rings. The number of amidine groups is 1. The first-order valence-electron chi connectivity index (χ1n) is 9.79. The SMILES string of the molecule is Cc1cc(C)c(N/C(N)=C2/C=CC(C(C)(C)C)=NC2=N)c(OSc2ccccc2)c1. The van der Waals surface area contributed by atoms with Crippen LogP contribution in [0.4, 0.5) is 5.69 Å². The van der Waals surface area contributed by atoms with Crippen molar-refractivity contribution >= 4 is 29.3 Å². The quantitative estimate of drug-likeness (QED) is 0.518. The molecule has 0 amide bonds. The number of hydrogen-bond donors (Lipinski definition) is 3. The lowest BCUT2D eigenvalue weighted by Crippen LogP contribution is -2.24. The van der Waals surface area contributed by atoms with Crippen molar-refractivity contribution in [2.24, 2.45) is 16.1 Å². The molecule has 0 bridgehead atoms. The van der Waals surface area contributed by atoms with Crippen molar-refractivity contribution in [2.75, 3.05) is 5.32 Å². The van der Waals surface area contributed by atoms with E-state index in [0.29, 0.717) is 17.1 Å². The Balaban J connectivity index is 1.87. The molecule has 0 saturated carbocycles. The van der Waals surface area contributed by atoms with Gasteiger partial charge in [0.25, 0.3) is 0 Å². The van der Waals surface area contributed by atoms with Gasteiger partial charge in [0, 0.05) is 16.0 Å². The van der Waals surface area contributed by atoms with Crippen molar-refractivity contribution in [1.29, 1.82) is 5.41 Å². The summed E-state index contributed by atoms with van der Waals surface area (Å²) in [6.07, 6.45) is 3.77. The van der Waals surface area contributed by atoms with Gasteiger partial charge in [-0.2, -0.15) is 0 Å².